The van der Waals surface area contributed by atoms with Crippen LogP contribution in [0.15, 0.2) is 63.8 Å². The summed E-state index contributed by atoms with van der Waals surface area (Å²) >= 11 is 0. The molecule has 2 heterocycles. The third kappa shape index (κ3) is 5.76. The summed E-state index contributed by atoms with van der Waals surface area (Å²) in [6.45, 7) is 1.60. The highest BCUT2D eigenvalue weighted by Crippen LogP contribution is 2.25. The molecule has 2 amide bonds. The Hall–Kier alpha value is -3.52. The lowest BCUT2D eigenvalue weighted by atomic mass is 10.1. The van der Waals surface area contributed by atoms with Crippen LogP contribution in [0.3, 0.4) is 0 Å². The predicted octanol–water partition coefficient (Wildman–Crippen LogP) is 3.39. The molecule has 164 valence electrons. The van der Waals surface area contributed by atoms with Gasteiger partial charge in [0, 0.05) is 45.1 Å². The maximum Gasteiger partial charge on any atom is 0.291 e. The van der Waals surface area contributed by atoms with Gasteiger partial charge in [-0.3, -0.25) is 9.59 Å². The van der Waals surface area contributed by atoms with Crippen molar-refractivity contribution in [1.82, 2.24) is 9.80 Å². The molecule has 2 aromatic heterocycles. The number of carbonyl (C=O) groups is 2. The van der Waals surface area contributed by atoms with Gasteiger partial charge in [0.2, 0.25) is 0 Å². The molecular weight excluding hydrogens is 396 g/mol. The third-order valence-corrected chi connectivity index (χ3v) is 4.76. The molecule has 0 aliphatic rings. The van der Waals surface area contributed by atoms with Crippen molar-refractivity contribution in [3.63, 3.8) is 0 Å². The Morgan fingerprint density at radius 3 is 2.16 bits per heavy atom. The first kappa shape index (κ1) is 22.2. The monoisotopic (exact) mass is 424 g/mol. The fourth-order valence-electron chi connectivity index (χ4n) is 3.16. The average molecular weight is 425 g/mol. The van der Waals surface area contributed by atoms with Gasteiger partial charge in [0.1, 0.15) is 0 Å². The number of likely N-dealkylation sites (N-methyl/N-ethyl adjacent to an activating group) is 1. The van der Waals surface area contributed by atoms with Gasteiger partial charge < -0.3 is 28.9 Å². The Bertz CT molecular complexity index is 995. The van der Waals surface area contributed by atoms with Gasteiger partial charge in [0.05, 0.1) is 12.5 Å². The summed E-state index contributed by atoms with van der Waals surface area (Å²) in [5.74, 6) is 0.0255. The van der Waals surface area contributed by atoms with Gasteiger partial charge in [-0.1, -0.05) is 0 Å². The van der Waals surface area contributed by atoms with Crippen LogP contribution >= 0.6 is 0 Å². The minimum absolute atomic E-state index is 0.179. The Morgan fingerprint density at radius 2 is 1.58 bits per heavy atom. The van der Waals surface area contributed by atoms with Gasteiger partial charge >= 0.3 is 0 Å². The van der Waals surface area contributed by atoms with Crippen molar-refractivity contribution in [2.75, 3.05) is 51.5 Å². The van der Waals surface area contributed by atoms with Crippen LogP contribution in [-0.2, 0) is 6.54 Å². The Morgan fingerprint density at radius 1 is 0.903 bits per heavy atom. The largest absolute Gasteiger partial charge is 0.459 e. The molecule has 1 N–H and O–H groups in total. The smallest absolute Gasteiger partial charge is 0.291 e. The summed E-state index contributed by atoms with van der Waals surface area (Å²) in [5, 5.41) is 2.85. The fourth-order valence-corrected chi connectivity index (χ4v) is 3.16. The molecule has 31 heavy (non-hydrogen) atoms. The minimum Gasteiger partial charge on any atom is -0.459 e. The molecule has 3 rings (SSSR count). The van der Waals surface area contributed by atoms with Gasteiger partial charge in [-0.2, -0.15) is 0 Å². The van der Waals surface area contributed by atoms with Gasteiger partial charge in [0.25, 0.3) is 11.8 Å². The quantitative estimate of drug-likeness (QED) is 0.567. The highest BCUT2D eigenvalue weighted by Gasteiger charge is 2.21. The molecule has 0 saturated heterocycles. The minimum atomic E-state index is -0.329. The third-order valence-electron chi connectivity index (χ3n) is 4.76. The maximum atomic E-state index is 13.0. The first-order valence-electron chi connectivity index (χ1n) is 9.97. The van der Waals surface area contributed by atoms with Crippen LogP contribution in [0.25, 0.3) is 0 Å². The van der Waals surface area contributed by atoms with Gasteiger partial charge in [-0.25, -0.2) is 0 Å². The summed E-state index contributed by atoms with van der Waals surface area (Å²) in [6.07, 6.45) is 2.95. The average Bonchev–Trinajstić information content (AvgIpc) is 3.44. The molecule has 0 radical (unpaired) electrons. The number of nitrogens with one attached hydrogen (secondary N) is 1. The number of furan rings is 2. The van der Waals surface area contributed by atoms with Gasteiger partial charge in [0.15, 0.2) is 11.5 Å². The molecular formula is C23H28N4O4. The van der Waals surface area contributed by atoms with E-state index < -0.39 is 0 Å². The van der Waals surface area contributed by atoms with E-state index in [4.69, 9.17) is 8.83 Å². The van der Waals surface area contributed by atoms with Crippen LogP contribution in [0.2, 0.25) is 0 Å². The molecule has 3 aromatic rings. The molecule has 0 fully saturated rings. The second-order valence-corrected chi connectivity index (χ2v) is 7.68. The van der Waals surface area contributed by atoms with E-state index in [2.05, 4.69) is 5.32 Å². The Labute approximate surface area is 182 Å². The van der Waals surface area contributed by atoms with Crippen LogP contribution in [0.5, 0.6) is 0 Å². The molecule has 1 aromatic carbocycles. The van der Waals surface area contributed by atoms with Crippen LogP contribution in [-0.4, -0.2) is 62.9 Å². The maximum absolute atomic E-state index is 13.0. The normalized spacial score (nSPS) is 10.9. The van der Waals surface area contributed by atoms with E-state index in [1.807, 2.05) is 56.2 Å². The first-order valence-corrected chi connectivity index (χ1v) is 9.97. The lowest BCUT2D eigenvalue weighted by Crippen LogP contribution is -2.36. The van der Waals surface area contributed by atoms with Crippen LogP contribution < -0.4 is 10.2 Å². The molecule has 8 nitrogen and oxygen atoms in total. The zero-order valence-electron chi connectivity index (χ0n) is 18.3. The van der Waals surface area contributed by atoms with Crippen molar-refractivity contribution in [2.45, 2.75) is 6.54 Å². The summed E-state index contributed by atoms with van der Waals surface area (Å²) in [5.41, 5.74) is 2.49. The summed E-state index contributed by atoms with van der Waals surface area (Å²) < 4.78 is 10.5. The highest BCUT2D eigenvalue weighted by molar-refractivity contribution is 6.02. The van der Waals surface area contributed by atoms with Crippen molar-refractivity contribution in [1.29, 1.82) is 0 Å². The summed E-state index contributed by atoms with van der Waals surface area (Å²) in [6, 6.07) is 12.3. The van der Waals surface area contributed by atoms with Crippen molar-refractivity contribution in [3.05, 3.63) is 72.1 Å². The Kier molecular flexibility index (Phi) is 7.15. The number of carbonyl (C=O) groups excluding carboxylic acids is 2. The van der Waals surface area contributed by atoms with E-state index in [0.29, 0.717) is 31.1 Å². The summed E-state index contributed by atoms with van der Waals surface area (Å²) in [4.78, 5) is 31.2. The molecule has 0 atom stereocenters. The standard InChI is InChI=1S/C23H28N4O4/c1-25(2)11-12-27(23(29)21-8-6-14-31-21)16-17-15-18(9-10-19(17)26(3)4)24-22(28)20-7-5-13-30-20/h5-10,13-15H,11-12,16H2,1-4H3,(H,24,28). The number of rotatable bonds is 9. The number of hydrogen-bond acceptors (Lipinski definition) is 6. The number of anilines is 2. The van der Waals surface area contributed by atoms with Gasteiger partial charge in [-0.05, 0) is 62.1 Å². The molecule has 0 bridgehead atoms. The van der Waals surface area contributed by atoms with Crippen molar-refractivity contribution in [2.24, 2.45) is 0 Å². The lowest BCUT2D eigenvalue weighted by molar-refractivity contribution is 0.0700. The molecule has 0 spiro atoms. The van der Waals surface area contributed by atoms with Crippen molar-refractivity contribution < 1.29 is 18.4 Å². The lowest BCUT2D eigenvalue weighted by Gasteiger charge is -2.26. The fraction of sp³-hybridized carbons (Fsp3) is 0.304. The predicted molar refractivity (Wildman–Crippen MR) is 119 cm³/mol. The zero-order chi connectivity index (χ0) is 22.4. The SMILES string of the molecule is CN(C)CCN(Cc1cc(NC(=O)c2ccco2)ccc1N(C)C)C(=O)c1ccco1. The number of nitrogens with zero attached hydrogens (tertiary/aromatic N) is 3. The van der Waals surface area contributed by atoms with Crippen molar-refractivity contribution >= 4 is 23.2 Å². The molecule has 0 aliphatic carbocycles. The van der Waals surface area contributed by atoms with E-state index in [1.165, 1.54) is 12.5 Å². The van der Waals surface area contributed by atoms with E-state index >= 15 is 0 Å². The van der Waals surface area contributed by atoms with Crippen LogP contribution in [0, 0.1) is 0 Å². The first-order chi connectivity index (χ1) is 14.8. The van der Waals surface area contributed by atoms with E-state index in [-0.39, 0.29) is 17.6 Å². The summed E-state index contributed by atoms with van der Waals surface area (Å²) in [7, 11) is 7.81. The molecule has 0 aliphatic heterocycles. The second kappa shape index (κ2) is 9.99. The zero-order valence-corrected chi connectivity index (χ0v) is 18.3. The van der Waals surface area contributed by atoms with E-state index in [1.54, 1.807) is 29.2 Å². The number of benzene rings is 1. The molecule has 8 heteroatoms. The second-order valence-electron chi connectivity index (χ2n) is 7.68. The van der Waals surface area contributed by atoms with Gasteiger partial charge in [-0.15, -0.1) is 0 Å². The molecule has 0 saturated carbocycles. The number of amides is 2. The van der Waals surface area contributed by atoms with E-state index in [0.717, 1.165) is 11.3 Å². The topological polar surface area (TPSA) is 82.2 Å². The van der Waals surface area contributed by atoms with Crippen molar-refractivity contribution in [3.8, 4) is 0 Å². The highest BCUT2D eigenvalue weighted by atomic mass is 16.3. The molecule has 0 unspecified atom stereocenters. The van der Waals surface area contributed by atoms with Crippen LogP contribution in [0.1, 0.15) is 26.7 Å². The number of hydrogen-bond donors (Lipinski definition) is 1. The van der Waals surface area contributed by atoms with E-state index in [9.17, 15) is 9.59 Å². The van der Waals surface area contributed by atoms with Crippen LogP contribution in [0.4, 0.5) is 11.4 Å². The Balaban J connectivity index is 1.87.